The van der Waals surface area contributed by atoms with Crippen LogP contribution in [0.15, 0.2) is 35.7 Å². The van der Waals surface area contributed by atoms with E-state index in [1.54, 1.807) is 11.3 Å². The summed E-state index contributed by atoms with van der Waals surface area (Å²) in [7, 11) is 0. The maximum Gasteiger partial charge on any atom is 0.177 e. The first-order valence-electron chi connectivity index (χ1n) is 8.45. The monoisotopic (exact) mass is 339 g/mol. The number of likely N-dealkylation sites (tertiary alicyclic amines) is 1. The predicted octanol–water partition coefficient (Wildman–Crippen LogP) is 4.03. The number of aryl methyl sites for hydroxylation is 1. The van der Waals surface area contributed by atoms with Gasteiger partial charge in [0.1, 0.15) is 5.82 Å². The first kappa shape index (κ1) is 15.5. The van der Waals surface area contributed by atoms with Gasteiger partial charge in [-0.1, -0.05) is 12.1 Å². The minimum Gasteiger partial charge on any atom is -0.341 e. The second-order valence-corrected chi connectivity index (χ2v) is 7.49. The number of benzene rings is 1. The third-order valence-corrected chi connectivity index (χ3v) is 5.81. The normalized spacial score (nSPS) is 19.0. The molecule has 0 bridgehead atoms. The lowest BCUT2D eigenvalue weighted by atomic mass is 9.92. The average molecular weight is 339 g/mol. The highest BCUT2D eigenvalue weighted by molar-refractivity contribution is 7.12. The van der Waals surface area contributed by atoms with Gasteiger partial charge in [-0.2, -0.15) is 0 Å². The molecule has 24 heavy (non-hydrogen) atoms. The number of thiophene rings is 1. The first-order valence-corrected chi connectivity index (χ1v) is 9.33. The first-order chi connectivity index (χ1) is 11.7. The van der Waals surface area contributed by atoms with E-state index in [1.165, 1.54) is 0 Å². The summed E-state index contributed by atoms with van der Waals surface area (Å²) in [6.07, 6.45) is 2.06. The van der Waals surface area contributed by atoms with Gasteiger partial charge in [0.25, 0.3) is 0 Å². The number of carbonyl (C=O) groups excluding carboxylic acids is 1. The number of rotatable bonds is 4. The number of fused-ring (bicyclic) bond motifs is 1. The Hall–Kier alpha value is -1.98. The lowest BCUT2D eigenvalue weighted by molar-refractivity contribution is 0.0812. The zero-order chi connectivity index (χ0) is 16.5. The van der Waals surface area contributed by atoms with Gasteiger partial charge in [0.05, 0.1) is 22.5 Å². The molecule has 5 heteroatoms. The zero-order valence-electron chi connectivity index (χ0n) is 13.8. The molecule has 1 atom stereocenters. The molecule has 0 amide bonds. The number of piperidine rings is 1. The molecule has 4 nitrogen and oxygen atoms in total. The molecule has 1 N–H and O–H groups in total. The Bertz CT molecular complexity index is 833. The van der Waals surface area contributed by atoms with E-state index in [0.717, 1.165) is 59.8 Å². The number of hydrogen-bond donors (Lipinski definition) is 1. The van der Waals surface area contributed by atoms with Gasteiger partial charge in [0, 0.05) is 12.5 Å². The van der Waals surface area contributed by atoms with Crippen LogP contribution in [0.1, 0.15) is 33.9 Å². The van der Waals surface area contributed by atoms with E-state index in [1.807, 2.05) is 42.6 Å². The number of nitrogens with one attached hydrogen (secondary N) is 1. The molecule has 1 fully saturated rings. The Morgan fingerprint density at radius 3 is 3.04 bits per heavy atom. The molecule has 1 aliphatic heterocycles. The Balaban J connectivity index is 1.46. The van der Waals surface area contributed by atoms with Gasteiger partial charge < -0.3 is 4.98 Å². The summed E-state index contributed by atoms with van der Waals surface area (Å²) in [6.45, 7) is 4.66. The molecule has 0 aliphatic carbocycles. The van der Waals surface area contributed by atoms with Crippen LogP contribution in [0.4, 0.5) is 0 Å². The van der Waals surface area contributed by atoms with Crippen LogP contribution in [-0.2, 0) is 6.54 Å². The lowest BCUT2D eigenvalue weighted by Crippen LogP contribution is -2.38. The number of para-hydroxylation sites is 2. The van der Waals surface area contributed by atoms with Crippen molar-refractivity contribution in [2.45, 2.75) is 26.3 Å². The molecule has 0 spiro atoms. The van der Waals surface area contributed by atoms with Gasteiger partial charge in [-0.05, 0) is 55.5 Å². The van der Waals surface area contributed by atoms with Crippen molar-refractivity contribution in [1.82, 2.24) is 14.9 Å². The molecule has 1 saturated heterocycles. The highest BCUT2D eigenvalue weighted by Gasteiger charge is 2.28. The molecular weight excluding hydrogens is 318 g/mol. The van der Waals surface area contributed by atoms with E-state index in [-0.39, 0.29) is 5.92 Å². The van der Waals surface area contributed by atoms with Crippen LogP contribution in [0, 0.1) is 12.8 Å². The molecule has 0 unspecified atom stereocenters. The Labute approximate surface area is 145 Å². The summed E-state index contributed by atoms with van der Waals surface area (Å²) >= 11 is 1.57. The molecule has 1 aromatic carbocycles. The highest BCUT2D eigenvalue weighted by atomic mass is 32.1. The van der Waals surface area contributed by atoms with Crippen molar-refractivity contribution in [2.24, 2.45) is 5.92 Å². The second kappa shape index (κ2) is 6.49. The molecule has 1 aliphatic rings. The summed E-state index contributed by atoms with van der Waals surface area (Å²) in [4.78, 5) is 24.1. The minimum absolute atomic E-state index is 0.112. The minimum atomic E-state index is 0.112. The van der Waals surface area contributed by atoms with Crippen molar-refractivity contribution in [2.75, 3.05) is 13.1 Å². The molecule has 0 radical (unpaired) electrons. The van der Waals surface area contributed by atoms with Gasteiger partial charge in [-0.3, -0.25) is 9.69 Å². The molecule has 124 valence electrons. The molecular formula is C19H21N3OS. The van der Waals surface area contributed by atoms with Gasteiger partial charge in [0.15, 0.2) is 5.78 Å². The number of ketones is 1. The van der Waals surface area contributed by atoms with E-state index < -0.39 is 0 Å². The molecule has 0 saturated carbocycles. The van der Waals surface area contributed by atoms with E-state index in [0.29, 0.717) is 5.78 Å². The Morgan fingerprint density at radius 1 is 1.38 bits per heavy atom. The zero-order valence-corrected chi connectivity index (χ0v) is 14.6. The maximum absolute atomic E-state index is 12.8. The molecule has 3 aromatic rings. The van der Waals surface area contributed by atoms with Crippen molar-refractivity contribution >= 4 is 28.2 Å². The summed E-state index contributed by atoms with van der Waals surface area (Å²) < 4.78 is 0. The third kappa shape index (κ3) is 3.01. The SMILES string of the molecule is Cc1ccsc1C(=O)[C@@H]1CCCN(Cc2nc3ccccc3[nH]2)C1. The van der Waals surface area contributed by atoms with Crippen molar-refractivity contribution in [3.8, 4) is 0 Å². The standard InChI is InChI=1S/C19H21N3OS/c1-13-8-10-24-19(13)18(23)14-5-4-9-22(11-14)12-17-20-15-6-2-3-7-16(15)21-17/h2-3,6-8,10,14H,4-5,9,11-12H2,1H3,(H,20,21)/t14-/m1/s1. The van der Waals surface area contributed by atoms with Gasteiger partial charge in [0.2, 0.25) is 0 Å². The van der Waals surface area contributed by atoms with Crippen molar-refractivity contribution in [1.29, 1.82) is 0 Å². The van der Waals surface area contributed by atoms with Crippen LogP contribution in [0.3, 0.4) is 0 Å². The second-order valence-electron chi connectivity index (χ2n) is 6.57. The predicted molar refractivity (Wildman–Crippen MR) is 97.5 cm³/mol. The van der Waals surface area contributed by atoms with E-state index in [4.69, 9.17) is 0 Å². The number of aromatic nitrogens is 2. The number of H-pyrrole nitrogens is 1. The van der Waals surface area contributed by atoms with E-state index in [2.05, 4.69) is 14.9 Å². The Morgan fingerprint density at radius 2 is 2.25 bits per heavy atom. The van der Waals surface area contributed by atoms with Crippen LogP contribution < -0.4 is 0 Å². The number of carbonyl (C=O) groups is 1. The van der Waals surface area contributed by atoms with Crippen molar-refractivity contribution in [3.05, 3.63) is 52.0 Å². The van der Waals surface area contributed by atoms with Crippen LogP contribution in [-0.4, -0.2) is 33.7 Å². The largest absolute Gasteiger partial charge is 0.341 e. The molecule has 4 rings (SSSR count). The van der Waals surface area contributed by atoms with Crippen LogP contribution >= 0.6 is 11.3 Å². The van der Waals surface area contributed by atoms with Crippen molar-refractivity contribution in [3.63, 3.8) is 0 Å². The lowest BCUT2D eigenvalue weighted by Gasteiger charge is -2.31. The maximum atomic E-state index is 12.8. The van der Waals surface area contributed by atoms with E-state index >= 15 is 0 Å². The van der Waals surface area contributed by atoms with Gasteiger partial charge in [-0.15, -0.1) is 11.3 Å². The van der Waals surface area contributed by atoms with Crippen LogP contribution in [0.2, 0.25) is 0 Å². The number of nitrogens with zero attached hydrogens (tertiary/aromatic N) is 2. The third-order valence-electron chi connectivity index (χ3n) is 4.77. The van der Waals surface area contributed by atoms with Gasteiger partial charge >= 0.3 is 0 Å². The fourth-order valence-electron chi connectivity index (χ4n) is 3.52. The number of aromatic amines is 1. The summed E-state index contributed by atoms with van der Waals surface area (Å²) in [5, 5.41) is 2.01. The summed E-state index contributed by atoms with van der Waals surface area (Å²) in [6, 6.07) is 10.1. The van der Waals surface area contributed by atoms with Gasteiger partial charge in [-0.25, -0.2) is 4.98 Å². The smallest absolute Gasteiger partial charge is 0.177 e. The fraction of sp³-hybridized carbons (Fsp3) is 0.368. The molecule has 2 aromatic heterocycles. The molecule has 3 heterocycles. The topological polar surface area (TPSA) is 49.0 Å². The number of hydrogen-bond acceptors (Lipinski definition) is 4. The van der Waals surface area contributed by atoms with Crippen molar-refractivity contribution < 1.29 is 4.79 Å². The van der Waals surface area contributed by atoms with Crippen LogP contribution in [0.5, 0.6) is 0 Å². The van der Waals surface area contributed by atoms with Crippen LogP contribution in [0.25, 0.3) is 11.0 Å². The Kier molecular flexibility index (Phi) is 4.21. The number of imidazole rings is 1. The fourth-order valence-corrected chi connectivity index (χ4v) is 4.46. The summed E-state index contributed by atoms with van der Waals surface area (Å²) in [5.74, 6) is 1.41. The average Bonchev–Trinajstić information content (AvgIpc) is 3.19. The number of Topliss-reactive ketones (excluding diaryl/α,β-unsaturated/α-hetero) is 1. The summed E-state index contributed by atoms with van der Waals surface area (Å²) in [5.41, 5.74) is 3.19. The van der Waals surface area contributed by atoms with E-state index in [9.17, 15) is 4.79 Å². The quantitative estimate of drug-likeness (QED) is 0.730. The highest BCUT2D eigenvalue weighted by Crippen LogP contribution is 2.26.